The standard InChI is InChI=1S/C23H21N3O4S/c1-14-18(17-6-4-5-7-19(17)26(14)13-21(27)28)12-20-22(29)25(2)23(31-20)24-15-8-10-16(30-3)11-9-15/h4-12H,13H2,1-3H3,(H,27,28)/b20-12+,24-23?. The Bertz CT molecular complexity index is 1240. The normalized spacial score (nSPS) is 16.6. The number of hydrogen-bond acceptors (Lipinski definition) is 5. The number of carbonyl (C=O) groups excluding carboxylic acids is 1. The number of aromatic nitrogens is 1. The van der Waals surface area contributed by atoms with Crippen molar-refractivity contribution in [3.8, 4) is 5.75 Å². The van der Waals surface area contributed by atoms with Gasteiger partial charge in [-0.3, -0.25) is 14.5 Å². The number of para-hydroxylation sites is 1. The van der Waals surface area contributed by atoms with E-state index in [-0.39, 0.29) is 12.5 Å². The molecule has 1 amide bonds. The zero-order chi connectivity index (χ0) is 22.1. The number of thioether (sulfide) groups is 1. The summed E-state index contributed by atoms with van der Waals surface area (Å²) in [4.78, 5) is 30.9. The van der Waals surface area contributed by atoms with Crippen LogP contribution in [0.15, 0.2) is 58.4 Å². The number of carbonyl (C=O) groups is 2. The summed E-state index contributed by atoms with van der Waals surface area (Å²) in [6.07, 6.45) is 1.83. The van der Waals surface area contributed by atoms with E-state index in [1.54, 1.807) is 18.7 Å². The smallest absolute Gasteiger partial charge is 0.323 e. The first-order chi connectivity index (χ1) is 14.9. The van der Waals surface area contributed by atoms with E-state index < -0.39 is 5.97 Å². The lowest BCUT2D eigenvalue weighted by Gasteiger charge is -2.07. The lowest BCUT2D eigenvalue weighted by Crippen LogP contribution is -2.23. The first-order valence-electron chi connectivity index (χ1n) is 9.59. The summed E-state index contributed by atoms with van der Waals surface area (Å²) in [6.45, 7) is 1.73. The third-order valence-corrected chi connectivity index (χ3v) is 6.21. The summed E-state index contributed by atoms with van der Waals surface area (Å²) in [5.74, 6) is -0.323. The second-order valence-electron chi connectivity index (χ2n) is 7.06. The molecule has 2 aromatic carbocycles. The molecule has 1 saturated heterocycles. The highest BCUT2D eigenvalue weighted by Gasteiger charge is 2.31. The molecule has 1 aliphatic rings. The summed E-state index contributed by atoms with van der Waals surface area (Å²) < 4.78 is 6.92. The van der Waals surface area contributed by atoms with E-state index in [9.17, 15) is 14.7 Å². The first kappa shape index (κ1) is 20.7. The van der Waals surface area contributed by atoms with Crippen molar-refractivity contribution in [3.63, 3.8) is 0 Å². The molecular formula is C23H21N3O4S. The van der Waals surface area contributed by atoms with Gasteiger partial charge in [0.15, 0.2) is 5.17 Å². The van der Waals surface area contributed by atoms with E-state index in [0.29, 0.717) is 10.1 Å². The van der Waals surface area contributed by atoms with Crippen LogP contribution in [-0.4, -0.2) is 45.8 Å². The van der Waals surface area contributed by atoms with Gasteiger partial charge in [0.25, 0.3) is 5.91 Å². The average Bonchev–Trinajstić information content (AvgIpc) is 3.18. The number of amidine groups is 1. The molecule has 0 bridgehead atoms. The minimum Gasteiger partial charge on any atom is -0.497 e. The molecule has 1 aromatic heterocycles. The molecule has 0 unspecified atom stereocenters. The van der Waals surface area contributed by atoms with Crippen molar-refractivity contribution < 1.29 is 19.4 Å². The van der Waals surface area contributed by atoms with Crippen LogP contribution in [0.3, 0.4) is 0 Å². The maximum Gasteiger partial charge on any atom is 0.323 e. The van der Waals surface area contributed by atoms with E-state index in [0.717, 1.165) is 33.6 Å². The van der Waals surface area contributed by atoms with Crippen molar-refractivity contribution in [2.24, 2.45) is 4.99 Å². The third kappa shape index (κ3) is 3.94. The lowest BCUT2D eigenvalue weighted by molar-refractivity contribution is -0.137. The van der Waals surface area contributed by atoms with Crippen LogP contribution in [0.2, 0.25) is 0 Å². The van der Waals surface area contributed by atoms with Gasteiger partial charge in [-0.2, -0.15) is 0 Å². The van der Waals surface area contributed by atoms with Crippen LogP contribution in [0.1, 0.15) is 11.3 Å². The fourth-order valence-corrected chi connectivity index (χ4v) is 4.50. The molecule has 1 fully saturated rings. The lowest BCUT2D eigenvalue weighted by atomic mass is 10.1. The number of hydrogen-bond donors (Lipinski definition) is 1. The average molecular weight is 436 g/mol. The van der Waals surface area contributed by atoms with Crippen LogP contribution in [0, 0.1) is 6.92 Å². The van der Waals surface area contributed by atoms with E-state index >= 15 is 0 Å². The molecule has 0 aliphatic carbocycles. The molecule has 1 aliphatic heterocycles. The van der Waals surface area contributed by atoms with Gasteiger partial charge in [0.1, 0.15) is 12.3 Å². The molecule has 7 nitrogen and oxygen atoms in total. The number of amides is 1. The second-order valence-corrected chi connectivity index (χ2v) is 8.07. The van der Waals surface area contributed by atoms with Crippen molar-refractivity contribution in [2.75, 3.05) is 14.2 Å². The van der Waals surface area contributed by atoms with Gasteiger partial charge in [0.05, 0.1) is 17.7 Å². The highest BCUT2D eigenvalue weighted by molar-refractivity contribution is 8.18. The maximum atomic E-state index is 12.9. The Morgan fingerprint density at radius 2 is 1.90 bits per heavy atom. The number of fused-ring (bicyclic) bond motifs is 1. The molecule has 0 atom stereocenters. The summed E-state index contributed by atoms with van der Waals surface area (Å²) in [7, 11) is 3.30. The number of carboxylic acids is 1. The molecule has 8 heteroatoms. The summed E-state index contributed by atoms with van der Waals surface area (Å²) >= 11 is 1.30. The number of benzene rings is 2. The second kappa shape index (κ2) is 8.31. The predicted molar refractivity (Wildman–Crippen MR) is 123 cm³/mol. The Morgan fingerprint density at radius 1 is 1.19 bits per heavy atom. The molecule has 158 valence electrons. The predicted octanol–water partition coefficient (Wildman–Crippen LogP) is 4.28. The highest BCUT2D eigenvalue weighted by Crippen LogP contribution is 2.36. The molecular weight excluding hydrogens is 414 g/mol. The topological polar surface area (TPSA) is 84.1 Å². The summed E-state index contributed by atoms with van der Waals surface area (Å²) in [5, 5.41) is 10.8. The SMILES string of the molecule is COc1ccc(N=C2S/C(=C/c3c(C)n(CC(=O)O)c4ccccc34)C(=O)N2C)cc1. The first-order valence-corrected chi connectivity index (χ1v) is 10.4. The Kier molecular flexibility index (Phi) is 5.56. The van der Waals surface area contributed by atoms with Crippen LogP contribution in [0.5, 0.6) is 5.75 Å². The number of likely N-dealkylation sites (N-methyl/N-ethyl adjacent to an activating group) is 1. The van der Waals surface area contributed by atoms with Gasteiger partial charge in [0, 0.05) is 29.2 Å². The monoisotopic (exact) mass is 435 g/mol. The molecule has 1 N–H and O–H groups in total. The van der Waals surface area contributed by atoms with Crippen LogP contribution in [0.4, 0.5) is 5.69 Å². The quantitative estimate of drug-likeness (QED) is 0.605. The number of carboxylic acid groups (broad SMARTS) is 1. The Labute approximate surface area is 183 Å². The van der Waals surface area contributed by atoms with Crippen LogP contribution in [-0.2, 0) is 16.1 Å². The van der Waals surface area contributed by atoms with Crippen molar-refractivity contribution in [3.05, 3.63) is 64.7 Å². The van der Waals surface area contributed by atoms with E-state index in [4.69, 9.17) is 4.74 Å². The third-order valence-electron chi connectivity index (χ3n) is 5.15. The summed E-state index contributed by atoms with van der Waals surface area (Å²) in [6, 6.07) is 14.9. The van der Waals surface area contributed by atoms with Crippen LogP contribution < -0.4 is 4.74 Å². The molecule has 2 heterocycles. The minimum atomic E-state index is -0.914. The van der Waals surface area contributed by atoms with Crippen molar-refractivity contribution in [1.82, 2.24) is 9.47 Å². The molecule has 31 heavy (non-hydrogen) atoms. The zero-order valence-corrected chi connectivity index (χ0v) is 18.1. The molecule has 0 radical (unpaired) electrons. The van der Waals surface area contributed by atoms with Crippen molar-refractivity contribution in [2.45, 2.75) is 13.5 Å². The van der Waals surface area contributed by atoms with Crippen LogP contribution in [0.25, 0.3) is 17.0 Å². The van der Waals surface area contributed by atoms with Gasteiger partial charge in [-0.05, 0) is 55.1 Å². The molecule has 3 aromatic rings. The fraction of sp³-hybridized carbons (Fsp3) is 0.174. The van der Waals surface area contributed by atoms with E-state index in [1.807, 2.05) is 61.5 Å². The molecule has 0 saturated carbocycles. The Hall–Kier alpha value is -3.52. The van der Waals surface area contributed by atoms with Gasteiger partial charge >= 0.3 is 5.97 Å². The number of aliphatic imine (C=N–C) groups is 1. The number of methoxy groups -OCH3 is 1. The van der Waals surface area contributed by atoms with Gasteiger partial charge in [-0.15, -0.1) is 0 Å². The van der Waals surface area contributed by atoms with Crippen molar-refractivity contribution in [1.29, 1.82) is 0 Å². The largest absolute Gasteiger partial charge is 0.497 e. The highest BCUT2D eigenvalue weighted by atomic mass is 32.2. The number of aliphatic carboxylic acids is 1. The van der Waals surface area contributed by atoms with Crippen LogP contribution >= 0.6 is 11.8 Å². The molecule has 0 spiro atoms. The fourth-order valence-electron chi connectivity index (χ4n) is 3.53. The van der Waals surface area contributed by atoms with Gasteiger partial charge in [0.2, 0.25) is 0 Å². The Balaban J connectivity index is 1.73. The van der Waals surface area contributed by atoms with E-state index in [1.165, 1.54) is 16.7 Å². The van der Waals surface area contributed by atoms with Gasteiger partial charge < -0.3 is 14.4 Å². The van der Waals surface area contributed by atoms with Crippen molar-refractivity contribution >= 4 is 51.5 Å². The van der Waals surface area contributed by atoms with Gasteiger partial charge in [-0.1, -0.05) is 18.2 Å². The van der Waals surface area contributed by atoms with Gasteiger partial charge in [-0.25, -0.2) is 4.99 Å². The zero-order valence-electron chi connectivity index (χ0n) is 17.3. The minimum absolute atomic E-state index is 0.138. The van der Waals surface area contributed by atoms with E-state index in [2.05, 4.69) is 4.99 Å². The Morgan fingerprint density at radius 3 is 2.58 bits per heavy atom. The number of rotatable bonds is 5. The number of ether oxygens (including phenoxy) is 1. The number of nitrogens with zero attached hydrogens (tertiary/aromatic N) is 3. The summed E-state index contributed by atoms with van der Waals surface area (Å²) in [5.41, 5.74) is 3.18. The molecule has 4 rings (SSSR count). The maximum absolute atomic E-state index is 12.9.